The number of sulfonamides is 1. The summed E-state index contributed by atoms with van der Waals surface area (Å²) in [5.41, 5.74) is 1.77. The molecule has 1 amide bonds. The molecule has 1 N–H and O–H groups in total. The standard InChI is InChI=1S/C20H21FN4O3S/c1-14-4-10-17(11-5-14)29(27,28)25(3)20-18(13-23-24(20)2)19(26)22-12-15-6-8-16(21)9-7-15/h4-11,13H,12H2,1-3H3,(H,22,26). The third kappa shape index (κ3) is 4.29. The molecule has 29 heavy (non-hydrogen) atoms. The summed E-state index contributed by atoms with van der Waals surface area (Å²) in [4.78, 5) is 12.8. The van der Waals surface area contributed by atoms with Crippen LogP contribution in [0.5, 0.6) is 0 Å². The molecule has 0 unspecified atom stereocenters. The lowest BCUT2D eigenvalue weighted by Crippen LogP contribution is -2.31. The maximum Gasteiger partial charge on any atom is 0.265 e. The van der Waals surface area contributed by atoms with Gasteiger partial charge in [0.15, 0.2) is 5.82 Å². The van der Waals surface area contributed by atoms with Crippen LogP contribution >= 0.6 is 0 Å². The minimum absolute atomic E-state index is 0.115. The molecule has 152 valence electrons. The van der Waals surface area contributed by atoms with Crippen LogP contribution in [0.3, 0.4) is 0 Å². The Morgan fingerprint density at radius 3 is 2.38 bits per heavy atom. The van der Waals surface area contributed by atoms with E-state index in [4.69, 9.17) is 0 Å². The zero-order valence-corrected chi connectivity index (χ0v) is 17.1. The molecule has 0 aliphatic rings. The van der Waals surface area contributed by atoms with Gasteiger partial charge in [0, 0.05) is 20.6 Å². The second kappa shape index (κ2) is 8.04. The van der Waals surface area contributed by atoms with Crippen LogP contribution in [0.15, 0.2) is 59.6 Å². The molecule has 2 aromatic carbocycles. The van der Waals surface area contributed by atoms with Crippen LogP contribution < -0.4 is 9.62 Å². The van der Waals surface area contributed by atoms with Gasteiger partial charge in [-0.15, -0.1) is 0 Å². The number of amides is 1. The van der Waals surface area contributed by atoms with Gasteiger partial charge >= 0.3 is 0 Å². The molecule has 1 heterocycles. The van der Waals surface area contributed by atoms with E-state index in [2.05, 4.69) is 10.4 Å². The number of carbonyl (C=O) groups is 1. The van der Waals surface area contributed by atoms with Crippen molar-refractivity contribution in [1.29, 1.82) is 0 Å². The van der Waals surface area contributed by atoms with Crippen LogP contribution in [0.4, 0.5) is 10.2 Å². The highest BCUT2D eigenvalue weighted by Gasteiger charge is 2.28. The Morgan fingerprint density at radius 1 is 1.14 bits per heavy atom. The zero-order valence-electron chi connectivity index (χ0n) is 16.3. The highest BCUT2D eigenvalue weighted by Crippen LogP contribution is 2.25. The molecule has 0 atom stereocenters. The molecule has 3 rings (SSSR count). The number of nitrogens with one attached hydrogen (secondary N) is 1. The molecule has 0 saturated carbocycles. The van der Waals surface area contributed by atoms with Gasteiger partial charge in [-0.25, -0.2) is 12.8 Å². The first-order valence-electron chi connectivity index (χ1n) is 8.80. The van der Waals surface area contributed by atoms with Gasteiger partial charge in [0.1, 0.15) is 11.4 Å². The van der Waals surface area contributed by atoms with E-state index in [0.717, 1.165) is 9.87 Å². The first kappa shape index (κ1) is 20.5. The molecule has 0 bridgehead atoms. The molecule has 0 fully saturated rings. The number of halogens is 1. The van der Waals surface area contributed by atoms with Crippen LogP contribution in [0, 0.1) is 12.7 Å². The Kier molecular flexibility index (Phi) is 5.69. The number of benzene rings is 2. The largest absolute Gasteiger partial charge is 0.348 e. The average molecular weight is 416 g/mol. The van der Waals surface area contributed by atoms with E-state index >= 15 is 0 Å². The molecule has 1 aromatic heterocycles. The van der Waals surface area contributed by atoms with E-state index < -0.39 is 15.9 Å². The summed E-state index contributed by atoms with van der Waals surface area (Å²) in [7, 11) is -0.938. The van der Waals surface area contributed by atoms with E-state index in [-0.39, 0.29) is 28.6 Å². The topological polar surface area (TPSA) is 84.3 Å². The Morgan fingerprint density at radius 2 is 1.76 bits per heavy atom. The van der Waals surface area contributed by atoms with E-state index in [1.165, 1.54) is 42.2 Å². The number of carbonyl (C=O) groups excluding carboxylic acids is 1. The van der Waals surface area contributed by atoms with Crippen molar-refractivity contribution in [2.24, 2.45) is 7.05 Å². The van der Waals surface area contributed by atoms with Crippen molar-refractivity contribution < 1.29 is 17.6 Å². The molecule has 0 saturated heterocycles. The molecular formula is C20H21FN4O3S. The summed E-state index contributed by atoms with van der Waals surface area (Å²) >= 11 is 0. The summed E-state index contributed by atoms with van der Waals surface area (Å²) in [5.74, 6) is -0.705. The van der Waals surface area contributed by atoms with E-state index in [0.29, 0.717) is 5.56 Å². The second-order valence-electron chi connectivity index (χ2n) is 6.60. The van der Waals surface area contributed by atoms with Crippen molar-refractivity contribution in [3.05, 3.63) is 77.2 Å². The fraction of sp³-hybridized carbons (Fsp3) is 0.200. The molecule has 3 aromatic rings. The van der Waals surface area contributed by atoms with Crippen LogP contribution in [0.2, 0.25) is 0 Å². The SMILES string of the molecule is Cc1ccc(S(=O)(=O)N(C)c2c(C(=O)NCc3ccc(F)cc3)cnn2C)cc1. The van der Waals surface area contributed by atoms with Crippen molar-refractivity contribution in [2.45, 2.75) is 18.4 Å². The van der Waals surface area contributed by atoms with Crippen LogP contribution in [-0.4, -0.2) is 31.2 Å². The maximum absolute atomic E-state index is 13.0. The van der Waals surface area contributed by atoms with Gasteiger partial charge in [0.05, 0.1) is 11.1 Å². The van der Waals surface area contributed by atoms with Gasteiger partial charge in [0.2, 0.25) is 0 Å². The molecule has 9 heteroatoms. The quantitative estimate of drug-likeness (QED) is 0.670. The molecule has 7 nitrogen and oxygen atoms in total. The average Bonchev–Trinajstić information content (AvgIpc) is 3.08. The number of rotatable bonds is 6. The molecular weight excluding hydrogens is 395 g/mol. The summed E-state index contributed by atoms with van der Waals surface area (Å²) in [6.07, 6.45) is 1.32. The Bertz CT molecular complexity index is 1120. The lowest BCUT2D eigenvalue weighted by atomic mass is 10.2. The summed E-state index contributed by atoms with van der Waals surface area (Å²) in [6, 6.07) is 12.2. The van der Waals surface area contributed by atoms with Crippen molar-refractivity contribution in [1.82, 2.24) is 15.1 Å². The number of hydrogen-bond acceptors (Lipinski definition) is 4. The maximum atomic E-state index is 13.0. The van der Waals surface area contributed by atoms with Crippen molar-refractivity contribution in [3.63, 3.8) is 0 Å². The summed E-state index contributed by atoms with van der Waals surface area (Å²) in [6.45, 7) is 2.03. The molecule has 0 spiro atoms. The summed E-state index contributed by atoms with van der Waals surface area (Å²) in [5, 5.41) is 6.75. The Hall–Kier alpha value is -3.20. The van der Waals surface area contributed by atoms with Gasteiger partial charge in [-0.05, 0) is 36.8 Å². The highest BCUT2D eigenvalue weighted by molar-refractivity contribution is 7.92. The van der Waals surface area contributed by atoms with E-state index in [1.807, 2.05) is 6.92 Å². The molecule has 0 aliphatic carbocycles. The fourth-order valence-corrected chi connectivity index (χ4v) is 4.07. The van der Waals surface area contributed by atoms with Crippen LogP contribution in [0.25, 0.3) is 0 Å². The highest BCUT2D eigenvalue weighted by atomic mass is 32.2. The smallest absolute Gasteiger partial charge is 0.265 e. The number of aromatic nitrogens is 2. The predicted octanol–water partition coefficient (Wildman–Crippen LogP) is 2.62. The van der Waals surface area contributed by atoms with Gasteiger partial charge in [-0.1, -0.05) is 29.8 Å². The van der Waals surface area contributed by atoms with Gasteiger partial charge in [0.25, 0.3) is 15.9 Å². The van der Waals surface area contributed by atoms with E-state index in [1.54, 1.807) is 31.3 Å². The molecule has 0 radical (unpaired) electrons. The number of aryl methyl sites for hydroxylation is 2. The first-order chi connectivity index (χ1) is 13.7. The number of hydrogen-bond donors (Lipinski definition) is 1. The normalized spacial score (nSPS) is 11.3. The monoisotopic (exact) mass is 416 g/mol. The molecule has 0 aliphatic heterocycles. The van der Waals surface area contributed by atoms with Gasteiger partial charge < -0.3 is 5.32 Å². The van der Waals surface area contributed by atoms with Crippen molar-refractivity contribution >= 4 is 21.7 Å². The van der Waals surface area contributed by atoms with Gasteiger partial charge in [-0.3, -0.25) is 13.8 Å². The lowest BCUT2D eigenvalue weighted by molar-refractivity contribution is 0.0951. The lowest BCUT2D eigenvalue weighted by Gasteiger charge is -2.21. The van der Waals surface area contributed by atoms with Crippen LogP contribution in [0.1, 0.15) is 21.5 Å². The number of nitrogens with zero attached hydrogens (tertiary/aromatic N) is 3. The Labute approximate surface area is 168 Å². The minimum atomic E-state index is -3.88. The Balaban J connectivity index is 1.85. The van der Waals surface area contributed by atoms with Gasteiger partial charge in [-0.2, -0.15) is 5.10 Å². The first-order valence-corrected chi connectivity index (χ1v) is 10.2. The third-order valence-electron chi connectivity index (χ3n) is 4.50. The fourth-order valence-electron chi connectivity index (χ4n) is 2.83. The third-order valence-corrected chi connectivity index (χ3v) is 6.26. The predicted molar refractivity (Wildman–Crippen MR) is 108 cm³/mol. The van der Waals surface area contributed by atoms with E-state index in [9.17, 15) is 17.6 Å². The zero-order chi connectivity index (χ0) is 21.2. The van der Waals surface area contributed by atoms with Crippen LogP contribution in [-0.2, 0) is 23.6 Å². The van der Waals surface area contributed by atoms with Crippen molar-refractivity contribution in [2.75, 3.05) is 11.4 Å². The summed E-state index contributed by atoms with van der Waals surface area (Å²) < 4.78 is 41.4. The second-order valence-corrected chi connectivity index (χ2v) is 8.57. The van der Waals surface area contributed by atoms with Crippen molar-refractivity contribution in [3.8, 4) is 0 Å². The number of anilines is 1. The minimum Gasteiger partial charge on any atom is -0.348 e.